The molecule has 146 valence electrons. The molecule has 2 heterocycles. The van der Waals surface area contributed by atoms with Gasteiger partial charge in [0.1, 0.15) is 11.4 Å². The van der Waals surface area contributed by atoms with Crippen LogP contribution in [0.5, 0.6) is 5.75 Å². The molecule has 1 aromatic carbocycles. The van der Waals surface area contributed by atoms with Gasteiger partial charge in [0.05, 0.1) is 6.10 Å². The number of nitrogens with one attached hydrogen (secondary N) is 1. The monoisotopic (exact) mass is 388 g/mol. The van der Waals surface area contributed by atoms with Gasteiger partial charge >= 0.3 is 6.18 Å². The van der Waals surface area contributed by atoms with E-state index in [2.05, 4.69) is 20.3 Å². The van der Waals surface area contributed by atoms with E-state index in [0.717, 1.165) is 29.1 Å². The maximum Gasteiger partial charge on any atom is 0.433 e. The van der Waals surface area contributed by atoms with Gasteiger partial charge < -0.3 is 10.1 Å². The van der Waals surface area contributed by atoms with Crippen molar-refractivity contribution >= 4 is 5.69 Å². The number of pyridine rings is 1. The summed E-state index contributed by atoms with van der Waals surface area (Å²) in [5, 5.41) is 2.92. The highest BCUT2D eigenvalue weighted by Crippen LogP contribution is 2.29. The molecule has 3 rings (SSSR count). The third kappa shape index (κ3) is 5.18. The van der Waals surface area contributed by atoms with Gasteiger partial charge in [0.25, 0.3) is 0 Å². The van der Waals surface area contributed by atoms with Gasteiger partial charge in [-0.25, -0.2) is 9.97 Å². The average molecular weight is 388 g/mol. The Kier molecular flexibility index (Phi) is 5.77. The van der Waals surface area contributed by atoms with Crippen LogP contribution in [0.1, 0.15) is 25.1 Å². The molecule has 0 saturated carbocycles. The molecule has 1 N–H and O–H groups in total. The Morgan fingerprint density at radius 3 is 2.29 bits per heavy atom. The summed E-state index contributed by atoms with van der Waals surface area (Å²) in [6, 6.07) is 9.91. The molecule has 8 heteroatoms. The molecule has 5 nitrogen and oxygen atoms in total. The lowest BCUT2D eigenvalue weighted by molar-refractivity contribution is -0.141. The molecule has 3 aromatic rings. The smallest absolute Gasteiger partial charge is 0.433 e. The fourth-order valence-electron chi connectivity index (χ4n) is 2.45. The van der Waals surface area contributed by atoms with Crippen LogP contribution in [0.25, 0.3) is 11.4 Å². The highest BCUT2D eigenvalue weighted by molar-refractivity contribution is 5.56. The largest absolute Gasteiger partial charge is 0.491 e. The van der Waals surface area contributed by atoms with Crippen molar-refractivity contribution in [2.75, 3.05) is 5.32 Å². The summed E-state index contributed by atoms with van der Waals surface area (Å²) in [4.78, 5) is 12.0. The lowest BCUT2D eigenvalue weighted by Crippen LogP contribution is -2.09. The van der Waals surface area contributed by atoms with Crippen molar-refractivity contribution in [3.63, 3.8) is 0 Å². The standard InChI is InChI=1S/C20H19F3N4O/c1-13(2)28-17-5-3-15(4-6-17)19-26-11-14(12-27-19)10-25-16-7-8-24-18(9-16)20(21,22)23/h3-9,11-13H,10H2,1-2H3,(H,24,25). The summed E-state index contributed by atoms with van der Waals surface area (Å²) >= 11 is 0. The molecular weight excluding hydrogens is 369 g/mol. The maximum absolute atomic E-state index is 12.7. The summed E-state index contributed by atoms with van der Waals surface area (Å²) in [7, 11) is 0. The molecule has 0 bridgehead atoms. The third-order valence-corrected chi connectivity index (χ3v) is 3.74. The van der Waals surface area contributed by atoms with Crippen LogP contribution < -0.4 is 10.1 Å². The van der Waals surface area contributed by atoms with Gasteiger partial charge in [0.2, 0.25) is 0 Å². The zero-order valence-corrected chi connectivity index (χ0v) is 15.4. The van der Waals surface area contributed by atoms with Gasteiger partial charge in [0, 0.05) is 41.9 Å². The van der Waals surface area contributed by atoms with Crippen LogP contribution >= 0.6 is 0 Å². The number of halogens is 3. The van der Waals surface area contributed by atoms with Crippen molar-refractivity contribution in [2.24, 2.45) is 0 Å². The molecule has 28 heavy (non-hydrogen) atoms. The van der Waals surface area contributed by atoms with E-state index in [1.807, 2.05) is 38.1 Å². The number of rotatable bonds is 6. The van der Waals surface area contributed by atoms with Gasteiger partial charge in [-0.05, 0) is 50.2 Å². The fourth-order valence-corrected chi connectivity index (χ4v) is 2.45. The normalized spacial score (nSPS) is 11.5. The molecule has 0 unspecified atom stereocenters. The summed E-state index contributed by atoms with van der Waals surface area (Å²) in [6.07, 6.45) is 0.0243. The molecule has 0 atom stereocenters. The van der Waals surface area contributed by atoms with Crippen LogP contribution in [0.4, 0.5) is 18.9 Å². The zero-order chi connectivity index (χ0) is 20.1. The predicted molar refractivity (Wildman–Crippen MR) is 99.8 cm³/mol. The Bertz CT molecular complexity index is 910. The van der Waals surface area contributed by atoms with Crippen LogP contribution in [-0.4, -0.2) is 21.1 Å². The third-order valence-electron chi connectivity index (χ3n) is 3.74. The van der Waals surface area contributed by atoms with Crippen molar-refractivity contribution in [1.82, 2.24) is 15.0 Å². The minimum absolute atomic E-state index is 0.0986. The Balaban J connectivity index is 1.63. The van der Waals surface area contributed by atoms with Crippen LogP contribution in [-0.2, 0) is 12.7 Å². The number of aromatic nitrogens is 3. The molecule has 0 radical (unpaired) electrons. The Labute approximate surface area is 160 Å². The lowest BCUT2D eigenvalue weighted by atomic mass is 10.2. The van der Waals surface area contributed by atoms with E-state index in [-0.39, 0.29) is 6.10 Å². The average Bonchev–Trinajstić information content (AvgIpc) is 2.67. The minimum atomic E-state index is -4.47. The van der Waals surface area contributed by atoms with E-state index in [1.165, 1.54) is 6.07 Å². The van der Waals surface area contributed by atoms with Crippen LogP contribution in [0.15, 0.2) is 55.0 Å². The summed E-state index contributed by atoms with van der Waals surface area (Å²) in [5.74, 6) is 1.33. The second-order valence-electron chi connectivity index (χ2n) is 6.39. The topological polar surface area (TPSA) is 59.9 Å². The van der Waals surface area contributed by atoms with E-state index in [1.54, 1.807) is 12.4 Å². The number of hydrogen-bond acceptors (Lipinski definition) is 5. The van der Waals surface area contributed by atoms with Gasteiger partial charge in [0.15, 0.2) is 5.82 Å². The molecule has 0 spiro atoms. The Hall–Kier alpha value is -3.16. The second kappa shape index (κ2) is 8.24. The quantitative estimate of drug-likeness (QED) is 0.647. The first-order chi connectivity index (χ1) is 13.3. The van der Waals surface area contributed by atoms with Crippen molar-refractivity contribution in [2.45, 2.75) is 32.7 Å². The zero-order valence-electron chi connectivity index (χ0n) is 15.4. The maximum atomic E-state index is 12.7. The van der Waals surface area contributed by atoms with E-state index < -0.39 is 11.9 Å². The van der Waals surface area contributed by atoms with Gasteiger partial charge in [-0.2, -0.15) is 13.2 Å². The van der Waals surface area contributed by atoms with Gasteiger partial charge in [-0.1, -0.05) is 0 Å². The van der Waals surface area contributed by atoms with Crippen molar-refractivity contribution < 1.29 is 17.9 Å². The first-order valence-electron chi connectivity index (χ1n) is 8.66. The number of anilines is 1. The minimum Gasteiger partial charge on any atom is -0.491 e. The Morgan fingerprint density at radius 2 is 1.68 bits per heavy atom. The number of alkyl halides is 3. The highest BCUT2D eigenvalue weighted by Gasteiger charge is 2.32. The SMILES string of the molecule is CC(C)Oc1ccc(-c2ncc(CNc3ccnc(C(F)(F)F)c3)cn2)cc1. The van der Waals surface area contributed by atoms with Gasteiger partial charge in [-0.15, -0.1) is 0 Å². The molecule has 0 aliphatic heterocycles. The van der Waals surface area contributed by atoms with E-state index in [0.29, 0.717) is 18.1 Å². The molecule has 0 amide bonds. The van der Waals surface area contributed by atoms with E-state index in [4.69, 9.17) is 4.74 Å². The first-order valence-corrected chi connectivity index (χ1v) is 8.66. The van der Waals surface area contributed by atoms with Crippen LogP contribution in [0.2, 0.25) is 0 Å². The molecule has 0 saturated heterocycles. The molecule has 0 aliphatic carbocycles. The number of benzene rings is 1. The Morgan fingerprint density at radius 1 is 1.00 bits per heavy atom. The summed E-state index contributed by atoms with van der Waals surface area (Å²) < 4.78 is 43.7. The number of hydrogen-bond donors (Lipinski definition) is 1. The summed E-state index contributed by atoms with van der Waals surface area (Å²) in [6.45, 7) is 4.21. The van der Waals surface area contributed by atoms with E-state index >= 15 is 0 Å². The summed E-state index contributed by atoms with van der Waals surface area (Å²) in [5.41, 5.74) is 0.981. The number of nitrogens with zero attached hydrogens (tertiary/aromatic N) is 3. The van der Waals surface area contributed by atoms with Crippen molar-refractivity contribution in [3.8, 4) is 17.1 Å². The second-order valence-corrected chi connectivity index (χ2v) is 6.39. The molecular formula is C20H19F3N4O. The lowest BCUT2D eigenvalue weighted by Gasteiger charge is -2.10. The van der Waals surface area contributed by atoms with Crippen LogP contribution in [0, 0.1) is 0 Å². The molecule has 2 aromatic heterocycles. The van der Waals surface area contributed by atoms with Crippen molar-refractivity contribution in [3.05, 3.63) is 66.2 Å². The van der Waals surface area contributed by atoms with E-state index in [9.17, 15) is 13.2 Å². The van der Waals surface area contributed by atoms with Gasteiger partial charge in [-0.3, -0.25) is 4.98 Å². The van der Waals surface area contributed by atoms with Crippen molar-refractivity contribution in [1.29, 1.82) is 0 Å². The molecule has 0 fully saturated rings. The first kappa shape index (κ1) is 19.6. The highest BCUT2D eigenvalue weighted by atomic mass is 19.4. The predicted octanol–water partition coefficient (Wildman–Crippen LogP) is 4.96. The number of ether oxygens (including phenoxy) is 1. The molecule has 0 aliphatic rings. The van der Waals surface area contributed by atoms with Crippen LogP contribution in [0.3, 0.4) is 0 Å². The fraction of sp³-hybridized carbons (Fsp3) is 0.250.